The molecule has 1 heterocycles. The highest BCUT2D eigenvalue weighted by atomic mass is 16.5. The van der Waals surface area contributed by atoms with Crippen molar-refractivity contribution >= 4 is 0 Å². The van der Waals surface area contributed by atoms with Crippen molar-refractivity contribution < 1.29 is 9.47 Å². The van der Waals surface area contributed by atoms with Crippen LogP contribution in [0.3, 0.4) is 0 Å². The Bertz CT molecular complexity index is 374. The molecule has 3 nitrogen and oxygen atoms in total. The van der Waals surface area contributed by atoms with Crippen LogP contribution in [0.25, 0.3) is 0 Å². The summed E-state index contributed by atoms with van der Waals surface area (Å²) in [5.41, 5.74) is 1.24. The number of nitrogens with one attached hydrogen (secondary N) is 1. The van der Waals surface area contributed by atoms with Gasteiger partial charge in [0.05, 0.1) is 13.2 Å². The maximum Gasteiger partial charge on any atom is 0.124 e. The van der Waals surface area contributed by atoms with E-state index < -0.39 is 0 Å². The van der Waals surface area contributed by atoms with Gasteiger partial charge in [-0.25, -0.2) is 0 Å². The van der Waals surface area contributed by atoms with Crippen molar-refractivity contribution in [1.82, 2.24) is 5.32 Å². The third-order valence-electron chi connectivity index (χ3n) is 3.01. The average Bonchev–Trinajstić information content (AvgIpc) is 3.00. The molecule has 1 unspecified atom stereocenters. The standard InChI is InChI=1S/C12H15NO2/c1-14-9-4-5-12-10(6-9)11(7-15-12)13-8-2-3-8/h4-6,8,11,13H,2-3,7H2,1H3. The molecule has 1 fully saturated rings. The van der Waals surface area contributed by atoms with E-state index in [1.54, 1.807) is 7.11 Å². The minimum Gasteiger partial charge on any atom is -0.497 e. The summed E-state index contributed by atoms with van der Waals surface area (Å²) in [4.78, 5) is 0. The molecule has 2 aliphatic rings. The van der Waals surface area contributed by atoms with Gasteiger partial charge in [0.2, 0.25) is 0 Å². The second kappa shape index (κ2) is 3.42. The molecule has 3 heteroatoms. The van der Waals surface area contributed by atoms with Crippen LogP contribution in [-0.4, -0.2) is 19.8 Å². The molecule has 1 aliphatic carbocycles. The van der Waals surface area contributed by atoms with Crippen molar-refractivity contribution in [2.75, 3.05) is 13.7 Å². The molecule has 0 bridgehead atoms. The van der Waals surface area contributed by atoms with E-state index in [0.717, 1.165) is 18.1 Å². The van der Waals surface area contributed by atoms with Crippen molar-refractivity contribution in [3.05, 3.63) is 23.8 Å². The van der Waals surface area contributed by atoms with E-state index in [4.69, 9.17) is 9.47 Å². The molecule has 1 aromatic carbocycles. The predicted octanol–water partition coefficient (Wildman–Crippen LogP) is 1.88. The predicted molar refractivity (Wildman–Crippen MR) is 57.4 cm³/mol. The van der Waals surface area contributed by atoms with E-state index in [2.05, 4.69) is 11.4 Å². The van der Waals surface area contributed by atoms with Gasteiger partial charge in [-0.2, -0.15) is 0 Å². The summed E-state index contributed by atoms with van der Waals surface area (Å²) >= 11 is 0. The Labute approximate surface area is 89.4 Å². The van der Waals surface area contributed by atoms with Gasteiger partial charge in [0, 0.05) is 11.6 Å². The zero-order valence-electron chi connectivity index (χ0n) is 8.82. The lowest BCUT2D eigenvalue weighted by atomic mass is 10.1. The topological polar surface area (TPSA) is 30.5 Å². The van der Waals surface area contributed by atoms with Gasteiger partial charge in [0.15, 0.2) is 0 Å². The summed E-state index contributed by atoms with van der Waals surface area (Å²) in [7, 11) is 1.70. The SMILES string of the molecule is COc1ccc2c(c1)C(NC1CC1)CO2. The summed E-state index contributed by atoms with van der Waals surface area (Å²) < 4.78 is 10.8. The zero-order valence-corrected chi connectivity index (χ0v) is 8.82. The lowest BCUT2D eigenvalue weighted by molar-refractivity contribution is 0.310. The fourth-order valence-electron chi connectivity index (χ4n) is 1.99. The molecule has 0 amide bonds. The largest absolute Gasteiger partial charge is 0.497 e. The van der Waals surface area contributed by atoms with Crippen molar-refractivity contribution in [3.63, 3.8) is 0 Å². The smallest absolute Gasteiger partial charge is 0.124 e. The van der Waals surface area contributed by atoms with Crippen LogP contribution in [0.15, 0.2) is 18.2 Å². The molecule has 1 saturated carbocycles. The molecule has 1 aliphatic heterocycles. The maximum absolute atomic E-state index is 5.62. The molecule has 0 spiro atoms. The van der Waals surface area contributed by atoms with Crippen molar-refractivity contribution in [2.24, 2.45) is 0 Å². The van der Waals surface area contributed by atoms with Gasteiger partial charge in [0.1, 0.15) is 18.1 Å². The van der Waals surface area contributed by atoms with Crippen LogP contribution in [0.4, 0.5) is 0 Å². The van der Waals surface area contributed by atoms with Crippen LogP contribution in [0, 0.1) is 0 Å². The highest BCUT2D eigenvalue weighted by Gasteiger charge is 2.30. The molecule has 1 atom stereocenters. The van der Waals surface area contributed by atoms with Gasteiger partial charge in [-0.3, -0.25) is 0 Å². The lowest BCUT2D eigenvalue weighted by Gasteiger charge is -2.10. The average molecular weight is 205 g/mol. The Kier molecular flexibility index (Phi) is 2.06. The number of rotatable bonds is 3. The number of ether oxygens (including phenoxy) is 2. The van der Waals surface area contributed by atoms with Gasteiger partial charge < -0.3 is 14.8 Å². The minimum absolute atomic E-state index is 0.350. The first-order valence-corrected chi connectivity index (χ1v) is 5.43. The zero-order chi connectivity index (χ0) is 10.3. The third-order valence-corrected chi connectivity index (χ3v) is 3.01. The van der Waals surface area contributed by atoms with Gasteiger partial charge in [-0.05, 0) is 31.0 Å². The molecule has 1 N–H and O–H groups in total. The Morgan fingerprint density at radius 3 is 3.00 bits per heavy atom. The number of methoxy groups -OCH3 is 1. The van der Waals surface area contributed by atoms with Crippen molar-refractivity contribution in [2.45, 2.75) is 24.9 Å². The molecular weight excluding hydrogens is 190 g/mol. The Morgan fingerprint density at radius 1 is 1.40 bits per heavy atom. The maximum atomic E-state index is 5.62. The Balaban J connectivity index is 1.85. The van der Waals surface area contributed by atoms with Crippen LogP contribution >= 0.6 is 0 Å². The van der Waals surface area contributed by atoms with E-state index in [1.165, 1.54) is 18.4 Å². The van der Waals surface area contributed by atoms with E-state index in [-0.39, 0.29) is 0 Å². The van der Waals surface area contributed by atoms with Gasteiger partial charge in [0.25, 0.3) is 0 Å². The first-order chi connectivity index (χ1) is 7.36. The number of hydrogen-bond donors (Lipinski definition) is 1. The van der Waals surface area contributed by atoms with E-state index in [9.17, 15) is 0 Å². The first-order valence-electron chi connectivity index (χ1n) is 5.43. The van der Waals surface area contributed by atoms with E-state index in [1.807, 2.05) is 12.1 Å². The highest BCUT2D eigenvalue weighted by molar-refractivity contribution is 5.44. The third kappa shape index (κ3) is 1.67. The van der Waals surface area contributed by atoms with Gasteiger partial charge >= 0.3 is 0 Å². The summed E-state index contributed by atoms with van der Waals surface area (Å²) in [5.74, 6) is 1.90. The highest BCUT2D eigenvalue weighted by Crippen LogP contribution is 2.36. The summed E-state index contributed by atoms with van der Waals surface area (Å²) in [5, 5.41) is 3.58. The van der Waals surface area contributed by atoms with Crippen LogP contribution < -0.4 is 14.8 Å². The van der Waals surface area contributed by atoms with Crippen LogP contribution in [0.1, 0.15) is 24.4 Å². The summed E-state index contributed by atoms with van der Waals surface area (Å²) in [6, 6.07) is 7.06. The fourth-order valence-corrected chi connectivity index (χ4v) is 1.99. The molecular formula is C12H15NO2. The quantitative estimate of drug-likeness (QED) is 0.817. The lowest BCUT2D eigenvalue weighted by Crippen LogP contribution is -2.24. The van der Waals surface area contributed by atoms with Crippen molar-refractivity contribution in [3.8, 4) is 11.5 Å². The Morgan fingerprint density at radius 2 is 2.27 bits per heavy atom. The number of benzene rings is 1. The van der Waals surface area contributed by atoms with Crippen molar-refractivity contribution in [1.29, 1.82) is 0 Å². The molecule has 3 rings (SSSR count). The fraction of sp³-hybridized carbons (Fsp3) is 0.500. The van der Waals surface area contributed by atoms with Crippen LogP contribution in [0.5, 0.6) is 11.5 Å². The summed E-state index contributed by atoms with van der Waals surface area (Å²) in [6.45, 7) is 0.749. The van der Waals surface area contributed by atoms with Crippen LogP contribution in [0.2, 0.25) is 0 Å². The molecule has 0 radical (unpaired) electrons. The van der Waals surface area contributed by atoms with Gasteiger partial charge in [-0.1, -0.05) is 0 Å². The van der Waals surface area contributed by atoms with E-state index in [0.29, 0.717) is 12.1 Å². The molecule has 15 heavy (non-hydrogen) atoms. The molecule has 0 saturated heterocycles. The second-order valence-corrected chi connectivity index (χ2v) is 4.21. The summed E-state index contributed by atoms with van der Waals surface area (Å²) in [6.07, 6.45) is 2.60. The first kappa shape index (κ1) is 9.04. The normalized spacial score (nSPS) is 23.4. The second-order valence-electron chi connectivity index (χ2n) is 4.21. The van der Waals surface area contributed by atoms with Crippen LogP contribution in [-0.2, 0) is 0 Å². The minimum atomic E-state index is 0.350. The van der Waals surface area contributed by atoms with Gasteiger partial charge in [-0.15, -0.1) is 0 Å². The number of hydrogen-bond acceptors (Lipinski definition) is 3. The molecule has 0 aromatic heterocycles. The monoisotopic (exact) mass is 205 g/mol. The molecule has 80 valence electrons. The molecule has 1 aromatic rings. The number of fused-ring (bicyclic) bond motifs is 1. The van der Waals surface area contributed by atoms with E-state index >= 15 is 0 Å². The Hall–Kier alpha value is -1.22.